The van der Waals surface area contributed by atoms with Gasteiger partial charge in [-0.3, -0.25) is 9.59 Å². The van der Waals surface area contributed by atoms with Crippen molar-refractivity contribution in [1.29, 1.82) is 0 Å². The first-order chi connectivity index (χ1) is 6.52. The van der Waals surface area contributed by atoms with E-state index in [0.717, 1.165) is 0 Å². The molecule has 0 radical (unpaired) electrons. The minimum absolute atomic E-state index is 0.171. The Bertz CT molecular complexity index is 362. The molecule has 0 atom stereocenters. The zero-order chi connectivity index (χ0) is 10.7. The summed E-state index contributed by atoms with van der Waals surface area (Å²) in [7, 11) is 0. The number of Topliss-reactive ketones (excluding diaryl/α,β-unsaturated/α-hetero) is 2. The first kappa shape index (κ1) is 10.3. The fourth-order valence-corrected chi connectivity index (χ4v) is 1.18. The Labute approximate surface area is 81.4 Å². The molecular formula is C9H11N3O2. The van der Waals surface area contributed by atoms with Gasteiger partial charge in [0.2, 0.25) is 0 Å². The highest BCUT2D eigenvalue weighted by Crippen LogP contribution is 2.14. The highest BCUT2D eigenvalue weighted by molar-refractivity contribution is 6.04. The molecule has 0 unspecified atom stereocenters. The summed E-state index contributed by atoms with van der Waals surface area (Å²) < 4.78 is 0. The van der Waals surface area contributed by atoms with E-state index in [1.165, 1.54) is 26.1 Å². The highest BCUT2D eigenvalue weighted by atomic mass is 16.1. The molecule has 0 saturated carbocycles. The van der Waals surface area contributed by atoms with E-state index in [1.807, 2.05) is 0 Å². The first-order valence-electron chi connectivity index (χ1n) is 4.11. The van der Waals surface area contributed by atoms with Crippen molar-refractivity contribution in [1.82, 2.24) is 9.97 Å². The van der Waals surface area contributed by atoms with Gasteiger partial charge in [0.05, 0.1) is 0 Å². The summed E-state index contributed by atoms with van der Waals surface area (Å²) in [5.41, 5.74) is 5.42. The number of hydrogen-bond acceptors (Lipinski definition) is 5. The van der Waals surface area contributed by atoms with Crippen LogP contribution in [0, 0.1) is 0 Å². The van der Waals surface area contributed by atoms with Crippen LogP contribution in [-0.4, -0.2) is 21.5 Å². The van der Waals surface area contributed by atoms with Crippen molar-refractivity contribution in [2.75, 3.05) is 5.73 Å². The van der Waals surface area contributed by atoms with Gasteiger partial charge in [-0.1, -0.05) is 0 Å². The topological polar surface area (TPSA) is 85.9 Å². The Morgan fingerprint density at radius 1 is 1.36 bits per heavy atom. The Balaban J connectivity index is 3.12. The van der Waals surface area contributed by atoms with Gasteiger partial charge < -0.3 is 5.73 Å². The molecule has 74 valence electrons. The monoisotopic (exact) mass is 193 g/mol. The molecule has 1 aromatic rings. The number of ketones is 2. The number of carbonyl (C=O) groups is 2. The zero-order valence-corrected chi connectivity index (χ0v) is 8.02. The summed E-state index contributed by atoms with van der Waals surface area (Å²) in [5.74, 6) is -1.02. The van der Waals surface area contributed by atoms with Crippen LogP contribution in [0.25, 0.3) is 0 Å². The van der Waals surface area contributed by atoms with Gasteiger partial charge in [0.25, 0.3) is 0 Å². The van der Waals surface area contributed by atoms with Gasteiger partial charge >= 0.3 is 0 Å². The normalized spacial score (nSPS) is 10.2. The Hall–Kier alpha value is -1.78. The SMILES string of the molecule is CC(=O)C(C(C)=O)c1nccc(N)n1. The summed E-state index contributed by atoms with van der Waals surface area (Å²) in [6, 6.07) is 1.50. The largest absolute Gasteiger partial charge is 0.384 e. The molecule has 0 aliphatic rings. The molecule has 0 bridgehead atoms. The molecule has 0 saturated heterocycles. The summed E-state index contributed by atoms with van der Waals surface area (Å²) in [5, 5.41) is 0. The quantitative estimate of drug-likeness (QED) is 0.698. The van der Waals surface area contributed by atoms with Gasteiger partial charge in [-0.05, 0) is 19.9 Å². The van der Waals surface area contributed by atoms with E-state index in [4.69, 9.17) is 5.73 Å². The van der Waals surface area contributed by atoms with Crippen LogP contribution in [0.1, 0.15) is 25.6 Å². The molecule has 0 aromatic carbocycles. The molecule has 5 nitrogen and oxygen atoms in total. The molecular weight excluding hydrogens is 182 g/mol. The number of rotatable bonds is 3. The lowest BCUT2D eigenvalue weighted by Crippen LogP contribution is -2.20. The Kier molecular flexibility index (Phi) is 2.91. The number of anilines is 1. The van der Waals surface area contributed by atoms with E-state index < -0.39 is 5.92 Å². The lowest BCUT2D eigenvalue weighted by atomic mass is 10.0. The van der Waals surface area contributed by atoms with Gasteiger partial charge in [-0.15, -0.1) is 0 Å². The molecule has 5 heteroatoms. The zero-order valence-electron chi connectivity index (χ0n) is 8.02. The van der Waals surface area contributed by atoms with Crippen LogP contribution in [0.4, 0.5) is 5.82 Å². The molecule has 1 rings (SSSR count). The third kappa shape index (κ3) is 2.12. The Morgan fingerprint density at radius 3 is 2.36 bits per heavy atom. The third-order valence-electron chi connectivity index (χ3n) is 1.77. The van der Waals surface area contributed by atoms with Crippen molar-refractivity contribution >= 4 is 17.4 Å². The fraction of sp³-hybridized carbons (Fsp3) is 0.333. The van der Waals surface area contributed by atoms with Crippen LogP contribution in [0.15, 0.2) is 12.3 Å². The van der Waals surface area contributed by atoms with Gasteiger partial charge in [0, 0.05) is 6.20 Å². The second-order valence-corrected chi connectivity index (χ2v) is 2.99. The minimum Gasteiger partial charge on any atom is -0.384 e. The summed E-state index contributed by atoms with van der Waals surface area (Å²) in [6.45, 7) is 2.66. The molecule has 0 spiro atoms. The second kappa shape index (κ2) is 3.95. The average Bonchev–Trinajstić information content (AvgIpc) is 2.02. The van der Waals surface area contributed by atoms with E-state index in [0.29, 0.717) is 0 Å². The molecule has 1 aromatic heterocycles. The van der Waals surface area contributed by atoms with E-state index in [1.54, 1.807) is 0 Å². The lowest BCUT2D eigenvalue weighted by molar-refractivity contribution is -0.127. The molecule has 0 fully saturated rings. The molecule has 1 heterocycles. The predicted molar refractivity (Wildman–Crippen MR) is 50.5 cm³/mol. The number of aromatic nitrogens is 2. The number of hydrogen-bond donors (Lipinski definition) is 1. The standard InChI is InChI=1S/C9H11N3O2/c1-5(13)8(6(2)14)9-11-4-3-7(10)12-9/h3-4,8H,1-2H3,(H2,10,11,12). The molecule has 2 N–H and O–H groups in total. The van der Waals surface area contributed by atoms with Gasteiger partial charge in [0.1, 0.15) is 29.1 Å². The van der Waals surface area contributed by atoms with Crippen LogP contribution in [-0.2, 0) is 9.59 Å². The maximum atomic E-state index is 11.2. The van der Waals surface area contributed by atoms with Gasteiger partial charge in [-0.25, -0.2) is 9.97 Å². The number of nitrogens with two attached hydrogens (primary N) is 1. The fourth-order valence-electron chi connectivity index (χ4n) is 1.18. The van der Waals surface area contributed by atoms with Crippen molar-refractivity contribution in [2.45, 2.75) is 19.8 Å². The number of carbonyl (C=O) groups excluding carboxylic acids is 2. The van der Waals surface area contributed by atoms with Crippen LogP contribution >= 0.6 is 0 Å². The van der Waals surface area contributed by atoms with Crippen LogP contribution in [0.2, 0.25) is 0 Å². The lowest BCUT2D eigenvalue weighted by Gasteiger charge is -2.08. The van der Waals surface area contributed by atoms with Crippen molar-refractivity contribution in [3.8, 4) is 0 Å². The first-order valence-corrected chi connectivity index (χ1v) is 4.11. The number of nitrogens with zero attached hydrogens (tertiary/aromatic N) is 2. The Morgan fingerprint density at radius 2 is 1.93 bits per heavy atom. The molecule has 14 heavy (non-hydrogen) atoms. The van der Waals surface area contributed by atoms with Gasteiger partial charge in [-0.2, -0.15) is 0 Å². The van der Waals surface area contributed by atoms with Crippen LogP contribution in [0.5, 0.6) is 0 Å². The number of nitrogen functional groups attached to an aromatic ring is 1. The summed E-state index contributed by atoms with van der Waals surface area (Å²) in [6.07, 6.45) is 1.43. The smallest absolute Gasteiger partial charge is 0.148 e. The molecule has 0 aliphatic carbocycles. The second-order valence-electron chi connectivity index (χ2n) is 2.99. The van der Waals surface area contributed by atoms with Gasteiger partial charge in [0.15, 0.2) is 0 Å². The predicted octanol–water partition coefficient (Wildman–Crippen LogP) is 0.320. The molecule has 0 aliphatic heterocycles. The maximum Gasteiger partial charge on any atom is 0.148 e. The van der Waals surface area contributed by atoms with E-state index in [-0.39, 0.29) is 23.2 Å². The van der Waals surface area contributed by atoms with E-state index in [2.05, 4.69) is 9.97 Å². The van der Waals surface area contributed by atoms with Crippen molar-refractivity contribution in [3.05, 3.63) is 18.1 Å². The van der Waals surface area contributed by atoms with Crippen molar-refractivity contribution < 1.29 is 9.59 Å². The summed E-state index contributed by atoms with van der Waals surface area (Å²) >= 11 is 0. The van der Waals surface area contributed by atoms with Crippen molar-refractivity contribution in [2.24, 2.45) is 0 Å². The minimum atomic E-state index is -0.890. The van der Waals surface area contributed by atoms with E-state index >= 15 is 0 Å². The van der Waals surface area contributed by atoms with E-state index in [9.17, 15) is 9.59 Å². The average molecular weight is 193 g/mol. The summed E-state index contributed by atoms with van der Waals surface area (Å²) in [4.78, 5) is 30.0. The van der Waals surface area contributed by atoms with Crippen LogP contribution < -0.4 is 5.73 Å². The maximum absolute atomic E-state index is 11.2. The highest BCUT2D eigenvalue weighted by Gasteiger charge is 2.24. The van der Waals surface area contributed by atoms with Crippen LogP contribution in [0.3, 0.4) is 0 Å². The molecule has 0 amide bonds. The third-order valence-corrected chi connectivity index (χ3v) is 1.77. The van der Waals surface area contributed by atoms with Crippen molar-refractivity contribution in [3.63, 3.8) is 0 Å².